The number of aryl methyl sites for hydroxylation is 1. The molecule has 1 aromatic carbocycles. The molecule has 2 rings (SSSR count). The second-order valence-electron chi connectivity index (χ2n) is 5.97. The molecule has 17 heavy (non-hydrogen) atoms. The molecular formula is C16H25N. The molecule has 0 aromatic heterocycles. The van der Waals surface area contributed by atoms with Gasteiger partial charge in [-0.2, -0.15) is 0 Å². The first-order valence-electron chi connectivity index (χ1n) is 6.90. The Labute approximate surface area is 106 Å². The number of nitrogens with one attached hydrogen (secondary N) is 1. The Morgan fingerprint density at radius 1 is 1.29 bits per heavy atom. The van der Waals surface area contributed by atoms with E-state index in [4.69, 9.17) is 0 Å². The topological polar surface area (TPSA) is 12.0 Å². The predicted molar refractivity (Wildman–Crippen MR) is 74.3 cm³/mol. The Bertz CT molecular complexity index is 354. The zero-order valence-corrected chi connectivity index (χ0v) is 11.4. The molecule has 1 aromatic rings. The van der Waals surface area contributed by atoms with Crippen molar-refractivity contribution in [3.05, 3.63) is 35.4 Å². The van der Waals surface area contributed by atoms with Gasteiger partial charge in [-0.05, 0) is 50.1 Å². The first-order chi connectivity index (χ1) is 8.11. The quantitative estimate of drug-likeness (QED) is 0.833. The molecule has 0 heterocycles. The van der Waals surface area contributed by atoms with E-state index in [1.165, 1.54) is 36.8 Å². The van der Waals surface area contributed by atoms with Crippen molar-refractivity contribution in [2.24, 2.45) is 5.41 Å². The van der Waals surface area contributed by atoms with Crippen LogP contribution in [0.25, 0.3) is 0 Å². The van der Waals surface area contributed by atoms with Crippen molar-refractivity contribution in [3.63, 3.8) is 0 Å². The van der Waals surface area contributed by atoms with Crippen LogP contribution in [0.2, 0.25) is 0 Å². The average molecular weight is 231 g/mol. The zero-order chi connectivity index (χ0) is 12.3. The van der Waals surface area contributed by atoms with Gasteiger partial charge in [-0.15, -0.1) is 0 Å². The zero-order valence-electron chi connectivity index (χ0n) is 11.4. The Balaban J connectivity index is 1.96. The molecule has 1 aliphatic rings. The first kappa shape index (κ1) is 12.6. The average Bonchev–Trinajstić information content (AvgIpc) is 2.64. The highest BCUT2D eigenvalue weighted by Gasteiger charge is 2.34. The first-order valence-corrected chi connectivity index (χ1v) is 6.90. The fourth-order valence-electron chi connectivity index (χ4n) is 3.14. The van der Waals surface area contributed by atoms with Gasteiger partial charge in [-0.1, -0.05) is 43.7 Å². The third-order valence-corrected chi connectivity index (χ3v) is 4.08. The summed E-state index contributed by atoms with van der Waals surface area (Å²) < 4.78 is 0. The molecule has 1 saturated carbocycles. The van der Waals surface area contributed by atoms with Crippen LogP contribution in [0.4, 0.5) is 0 Å². The van der Waals surface area contributed by atoms with Gasteiger partial charge >= 0.3 is 0 Å². The SMILES string of the molecule is CCNC1CCC(C)(Cc2ccc(C)cc2)C1. The highest BCUT2D eigenvalue weighted by atomic mass is 14.9. The van der Waals surface area contributed by atoms with Gasteiger partial charge in [0.25, 0.3) is 0 Å². The van der Waals surface area contributed by atoms with Crippen molar-refractivity contribution in [2.75, 3.05) is 6.54 Å². The lowest BCUT2D eigenvalue weighted by atomic mass is 9.82. The van der Waals surface area contributed by atoms with E-state index in [2.05, 4.69) is 50.4 Å². The van der Waals surface area contributed by atoms with E-state index in [9.17, 15) is 0 Å². The van der Waals surface area contributed by atoms with Crippen molar-refractivity contribution in [1.82, 2.24) is 5.32 Å². The van der Waals surface area contributed by atoms with Crippen LogP contribution in [0.5, 0.6) is 0 Å². The minimum absolute atomic E-state index is 0.502. The fraction of sp³-hybridized carbons (Fsp3) is 0.625. The van der Waals surface area contributed by atoms with Crippen LogP contribution in [0.15, 0.2) is 24.3 Å². The standard InChI is InChI=1S/C16H25N/c1-4-17-15-9-10-16(3,12-15)11-14-7-5-13(2)6-8-14/h5-8,15,17H,4,9-12H2,1-3H3. The van der Waals surface area contributed by atoms with Crippen LogP contribution in [-0.2, 0) is 6.42 Å². The summed E-state index contributed by atoms with van der Waals surface area (Å²) >= 11 is 0. The van der Waals surface area contributed by atoms with Gasteiger partial charge in [0.05, 0.1) is 0 Å². The van der Waals surface area contributed by atoms with E-state index in [0.717, 1.165) is 12.6 Å². The smallest absolute Gasteiger partial charge is 0.00724 e. The van der Waals surface area contributed by atoms with Crippen LogP contribution in [0.1, 0.15) is 44.2 Å². The van der Waals surface area contributed by atoms with Gasteiger partial charge in [0.2, 0.25) is 0 Å². The molecule has 2 unspecified atom stereocenters. The number of benzene rings is 1. The maximum Gasteiger partial charge on any atom is 0.00724 e. The predicted octanol–water partition coefficient (Wildman–Crippen LogP) is 3.71. The van der Waals surface area contributed by atoms with Crippen molar-refractivity contribution in [1.29, 1.82) is 0 Å². The normalized spacial score (nSPS) is 28.5. The van der Waals surface area contributed by atoms with Crippen LogP contribution >= 0.6 is 0 Å². The van der Waals surface area contributed by atoms with Gasteiger partial charge in [0.1, 0.15) is 0 Å². The Morgan fingerprint density at radius 2 is 2.00 bits per heavy atom. The second-order valence-corrected chi connectivity index (χ2v) is 5.97. The third-order valence-electron chi connectivity index (χ3n) is 4.08. The van der Waals surface area contributed by atoms with Crippen molar-refractivity contribution >= 4 is 0 Å². The van der Waals surface area contributed by atoms with E-state index in [1.807, 2.05) is 0 Å². The Hall–Kier alpha value is -0.820. The molecule has 2 atom stereocenters. The summed E-state index contributed by atoms with van der Waals surface area (Å²) in [5.74, 6) is 0. The number of hydrogen-bond acceptors (Lipinski definition) is 1. The Kier molecular flexibility index (Phi) is 3.88. The molecule has 1 aliphatic carbocycles. The summed E-state index contributed by atoms with van der Waals surface area (Å²) in [6.45, 7) is 7.91. The number of hydrogen-bond donors (Lipinski definition) is 1. The molecule has 0 bridgehead atoms. The summed E-state index contributed by atoms with van der Waals surface area (Å²) in [6.07, 6.45) is 5.26. The monoisotopic (exact) mass is 231 g/mol. The van der Waals surface area contributed by atoms with E-state index in [-0.39, 0.29) is 0 Å². The van der Waals surface area contributed by atoms with Crippen LogP contribution in [0, 0.1) is 12.3 Å². The molecule has 1 heteroatoms. The van der Waals surface area contributed by atoms with Gasteiger partial charge in [-0.3, -0.25) is 0 Å². The second kappa shape index (κ2) is 5.22. The lowest BCUT2D eigenvalue weighted by molar-refractivity contribution is 0.322. The van der Waals surface area contributed by atoms with E-state index in [0.29, 0.717) is 5.41 Å². The highest BCUT2D eigenvalue weighted by Crippen LogP contribution is 2.40. The van der Waals surface area contributed by atoms with Gasteiger partial charge in [0.15, 0.2) is 0 Å². The molecule has 0 amide bonds. The third kappa shape index (κ3) is 3.32. The molecule has 94 valence electrons. The summed E-state index contributed by atoms with van der Waals surface area (Å²) in [6, 6.07) is 9.79. The summed E-state index contributed by atoms with van der Waals surface area (Å²) in [5.41, 5.74) is 3.35. The van der Waals surface area contributed by atoms with Crippen molar-refractivity contribution < 1.29 is 0 Å². The Morgan fingerprint density at radius 3 is 2.65 bits per heavy atom. The van der Waals surface area contributed by atoms with Crippen molar-refractivity contribution in [3.8, 4) is 0 Å². The lowest BCUT2D eigenvalue weighted by Crippen LogP contribution is -2.28. The molecule has 0 saturated heterocycles. The summed E-state index contributed by atoms with van der Waals surface area (Å²) in [5, 5.41) is 3.59. The minimum Gasteiger partial charge on any atom is -0.314 e. The molecule has 0 spiro atoms. The maximum absolute atomic E-state index is 3.59. The van der Waals surface area contributed by atoms with Crippen LogP contribution in [-0.4, -0.2) is 12.6 Å². The highest BCUT2D eigenvalue weighted by molar-refractivity contribution is 5.22. The fourth-order valence-corrected chi connectivity index (χ4v) is 3.14. The molecule has 1 nitrogen and oxygen atoms in total. The van der Waals surface area contributed by atoms with Crippen LogP contribution < -0.4 is 5.32 Å². The van der Waals surface area contributed by atoms with E-state index in [1.54, 1.807) is 0 Å². The summed E-state index contributed by atoms with van der Waals surface area (Å²) in [4.78, 5) is 0. The van der Waals surface area contributed by atoms with E-state index >= 15 is 0 Å². The largest absolute Gasteiger partial charge is 0.314 e. The molecule has 0 radical (unpaired) electrons. The molecule has 0 aliphatic heterocycles. The van der Waals surface area contributed by atoms with Crippen molar-refractivity contribution in [2.45, 2.75) is 52.5 Å². The maximum atomic E-state index is 3.59. The minimum atomic E-state index is 0.502. The van der Waals surface area contributed by atoms with Gasteiger partial charge in [0, 0.05) is 6.04 Å². The van der Waals surface area contributed by atoms with Crippen LogP contribution in [0.3, 0.4) is 0 Å². The summed E-state index contributed by atoms with van der Waals surface area (Å²) in [7, 11) is 0. The molecule has 1 N–H and O–H groups in total. The number of rotatable bonds is 4. The van der Waals surface area contributed by atoms with E-state index < -0.39 is 0 Å². The lowest BCUT2D eigenvalue weighted by Gasteiger charge is -2.24. The molecule has 1 fully saturated rings. The molecular weight excluding hydrogens is 206 g/mol. The van der Waals surface area contributed by atoms with Gasteiger partial charge < -0.3 is 5.32 Å². The van der Waals surface area contributed by atoms with Gasteiger partial charge in [-0.25, -0.2) is 0 Å².